The number of carbonyl (C=O) groups excluding carboxylic acids is 1. The van der Waals surface area contributed by atoms with E-state index in [1.807, 2.05) is 0 Å². The Bertz CT molecular complexity index is 470. The third-order valence-electron chi connectivity index (χ3n) is 2.33. The predicted molar refractivity (Wildman–Crippen MR) is 74.9 cm³/mol. The number of anilines is 1. The molecule has 1 aromatic carbocycles. The SMILES string of the molecule is Nc1c(Br)cc2c(c1Br)CC(Br)(Br)C2=O. The summed E-state index contributed by atoms with van der Waals surface area (Å²) in [5, 5.41) is 0. The second-order valence-corrected chi connectivity index (χ2v) is 8.74. The molecule has 0 saturated heterocycles. The van der Waals surface area contributed by atoms with E-state index in [0.717, 1.165) is 14.5 Å². The molecule has 0 amide bonds. The topological polar surface area (TPSA) is 43.1 Å². The van der Waals surface area contributed by atoms with Crippen molar-refractivity contribution in [3.63, 3.8) is 0 Å². The Morgan fingerprint density at radius 2 is 1.93 bits per heavy atom. The molecule has 0 fully saturated rings. The van der Waals surface area contributed by atoms with Crippen LogP contribution >= 0.6 is 63.7 Å². The van der Waals surface area contributed by atoms with Gasteiger partial charge in [-0.25, -0.2) is 0 Å². The zero-order valence-corrected chi connectivity index (χ0v) is 13.6. The molecule has 0 aliphatic heterocycles. The molecule has 2 nitrogen and oxygen atoms in total. The van der Waals surface area contributed by atoms with Gasteiger partial charge >= 0.3 is 0 Å². The molecule has 1 aliphatic rings. The van der Waals surface area contributed by atoms with Gasteiger partial charge in [-0.1, -0.05) is 31.9 Å². The van der Waals surface area contributed by atoms with Crippen LogP contribution in [0.2, 0.25) is 0 Å². The summed E-state index contributed by atoms with van der Waals surface area (Å²) in [5.41, 5.74) is 8.11. The Labute approximate surface area is 120 Å². The van der Waals surface area contributed by atoms with E-state index in [9.17, 15) is 4.79 Å². The van der Waals surface area contributed by atoms with E-state index >= 15 is 0 Å². The first kappa shape index (κ1) is 12.1. The van der Waals surface area contributed by atoms with Crippen LogP contribution in [0.15, 0.2) is 15.0 Å². The summed E-state index contributed by atoms with van der Waals surface area (Å²) in [6.07, 6.45) is 0.583. The molecule has 0 bridgehead atoms. The number of rotatable bonds is 0. The van der Waals surface area contributed by atoms with E-state index in [2.05, 4.69) is 63.7 Å². The first-order chi connectivity index (χ1) is 6.84. The van der Waals surface area contributed by atoms with Crippen LogP contribution in [0.3, 0.4) is 0 Å². The fraction of sp³-hybridized carbons (Fsp3) is 0.222. The fourth-order valence-corrected chi connectivity index (χ4v) is 3.80. The maximum atomic E-state index is 12.0. The summed E-state index contributed by atoms with van der Waals surface area (Å²) in [6, 6.07) is 1.77. The number of fused-ring (bicyclic) bond motifs is 1. The Hall–Kier alpha value is 0.610. The number of Topliss-reactive ketones (excluding diaryl/α,β-unsaturated/α-hetero) is 1. The smallest absolute Gasteiger partial charge is 0.190 e. The normalized spacial score (nSPS) is 18.0. The van der Waals surface area contributed by atoms with Crippen molar-refractivity contribution in [2.24, 2.45) is 0 Å². The summed E-state index contributed by atoms with van der Waals surface area (Å²) >= 11 is 13.5. The van der Waals surface area contributed by atoms with Crippen LogP contribution in [-0.4, -0.2) is 9.02 Å². The van der Waals surface area contributed by atoms with Crippen molar-refractivity contribution in [3.05, 3.63) is 26.1 Å². The van der Waals surface area contributed by atoms with Gasteiger partial charge in [0, 0.05) is 20.9 Å². The lowest BCUT2D eigenvalue weighted by atomic mass is 10.1. The fourth-order valence-electron chi connectivity index (χ4n) is 1.55. The number of nitrogens with two attached hydrogens (primary N) is 1. The summed E-state index contributed by atoms with van der Waals surface area (Å²) in [7, 11) is 0. The van der Waals surface area contributed by atoms with Crippen molar-refractivity contribution in [2.75, 3.05) is 5.73 Å². The lowest BCUT2D eigenvalue weighted by Crippen LogP contribution is -2.19. The standard InChI is InChI=1S/C9H5Br4NO/c10-5-1-3-4(6(11)7(5)14)2-9(12,13)8(3)15/h1H,2,14H2. The number of hydrogen-bond donors (Lipinski definition) is 1. The summed E-state index contributed by atoms with van der Waals surface area (Å²) in [5.74, 6) is 0.0268. The molecule has 1 aromatic rings. The molecule has 2 rings (SSSR count). The molecule has 1 aliphatic carbocycles. The highest BCUT2D eigenvalue weighted by Crippen LogP contribution is 2.47. The van der Waals surface area contributed by atoms with Gasteiger partial charge in [-0.15, -0.1) is 0 Å². The van der Waals surface area contributed by atoms with Crippen LogP contribution in [0.4, 0.5) is 5.69 Å². The Morgan fingerprint density at radius 3 is 2.53 bits per heavy atom. The molecular formula is C9H5Br4NO. The lowest BCUT2D eigenvalue weighted by molar-refractivity contribution is 0.0994. The first-order valence-corrected chi connectivity index (χ1v) is 7.21. The van der Waals surface area contributed by atoms with Crippen LogP contribution < -0.4 is 5.73 Å². The van der Waals surface area contributed by atoms with Gasteiger partial charge in [-0.05, 0) is 43.5 Å². The highest BCUT2D eigenvalue weighted by atomic mass is 79.9. The minimum atomic E-state index is -0.682. The van der Waals surface area contributed by atoms with Crippen molar-refractivity contribution in [1.82, 2.24) is 0 Å². The second kappa shape index (κ2) is 3.82. The molecule has 0 saturated carbocycles. The highest BCUT2D eigenvalue weighted by Gasteiger charge is 2.42. The summed E-state index contributed by atoms with van der Waals surface area (Å²) < 4.78 is 0.845. The van der Waals surface area contributed by atoms with Gasteiger partial charge in [0.15, 0.2) is 5.78 Å². The molecule has 2 N–H and O–H groups in total. The van der Waals surface area contributed by atoms with E-state index in [1.54, 1.807) is 6.07 Å². The highest BCUT2D eigenvalue weighted by molar-refractivity contribution is 9.26. The monoisotopic (exact) mass is 459 g/mol. The minimum Gasteiger partial charge on any atom is -0.397 e. The Morgan fingerprint density at radius 1 is 1.33 bits per heavy atom. The van der Waals surface area contributed by atoms with E-state index in [-0.39, 0.29) is 5.78 Å². The van der Waals surface area contributed by atoms with Gasteiger partial charge in [-0.2, -0.15) is 0 Å². The number of nitrogen functional groups attached to an aromatic ring is 1. The van der Waals surface area contributed by atoms with E-state index < -0.39 is 3.23 Å². The maximum Gasteiger partial charge on any atom is 0.190 e. The molecule has 0 spiro atoms. The quantitative estimate of drug-likeness (QED) is 0.467. The Kier molecular flexibility index (Phi) is 3.08. The largest absolute Gasteiger partial charge is 0.397 e. The Balaban J connectivity index is 2.71. The molecule has 0 aromatic heterocycles. The average Bonchev–Trinajstić information content (AvgIpc) is 2.38. The van der Waals surface area contributed by atoms with Gasteiger partial charge in [0.1, 0.15) is 3.23 Å². The molecule has 6 heteroatoms. The van der Waals surface area contributed by atoms with Crippen molar-refractivity contribution in [3.8, 4) is 0 Å². The second-order valence-electron chi connectivity index (χ2n) is 3.32. The molecule has 0 radical (unpaired) electrons. The zero-order valence-electron chi connectivity index (χ0n) is 7.28. The van der Waals surface area contributed by atoms with E-state index in [0.29, 0.717) is 17.7 Å². The van der Waals surface area contributed by atoms with Gasteiger partial charge in [0.2, 0.25) is 0 Å². The molecule has 80 valence electrons. The number of hydrogen-bond acceptors (Lipinski definition) is 2. The van der Waals surface area contributed by atoms with Crippen molar-refractivity contribution in [2.45, 2.75) is 9.65 Å². The zero-order chi connectivity index (χ0) is 11.4. The van der Waals surface area contributed by atoms with Crippen LogP contribution in [0.5, 0.6) is 0 Å². The lowest BCUT2D eigenvalue weighted by Gasteiger charge is -2.08. The third kappa shape index (κ3) is 1.83. The third-order valence-corrected chi connectivity index (χ3v) is 5.17. The van der Waals surface area contributed by atoms with Gasteiger partial charge in [0.25, 0.3) is 0 Å². The minimum absolute atomic E-state index is 0.0268. The number of benzene rings is 1. The van der Waals surface area contributed by atoms with Crippen LogP contribution in [0.25, 0.3) is 0 Å². The van der Waals surface area contributed by atoms with Gasteiger partial charge < -0.3 is 5.73 Å². The molecule has 0 atom stereocenters. The van der Waals surface area contributed by atoms with E-state index in [1.165, 1.54) is 0 Å². The maximum absolute atomic E-state index is 12.0. The summed E-state index contributed by atoms with van der Waals surface area (Å²) in [6.45, 7) is 0. The molecular weight excluding hydrogens is 458 g/mol. The van der Waals surface area contributed by atoms with Crippen LogP contribution in [0, 0.1) is 0 Å². The van der Waals surface area contributed by atoms with E-state index in [4.69, 9.17) is 5.73 Å². The van der Waals surface area contributed by atoms with Crippen molar-refractivity contribution >= 4 is 75.2 Å². The van der Waals surface area contributed by atoms with Crippen LogP contribution in [0.1, 0.15) is 15.9 Å². The predicted octanol–water partition coefficient (Wildman–Crippen LogP) is 4.02. The molecule has 0 heterocycles. The van der Waals surface area contributed by atoms with Crippen molar-refractivity contribution in [1.29, 1.82) is 0 Å². The number of halogens is 4. The van der Waals surface area contributed by atoms with Crippen molar-refractivity contribution < 1.29 is 4.79 Å². The number of carbonyl (C=O) groups is 1. The summed E-state index contributed by atoms with van der Waals surface area (Å²) in [4.78, 5) is 12.0. The molecule has 0 unspecified atom stereocenters. The van der Waals surface area contributed by atoms with Gasteiger partial charge in [0.05, 0.1) is 5.69 Å². The van der Waals surface area contributed by atoms with Gasteiger partial charge in [-0.3, -0.25) is 4.79 Å². The van der Waals surface area contributed by atoms with Crippen LogP contribution in [-0.2, 0) is 6.42 Å². The number of alkyl halides is 2. The average molecular weight is 463 g/mol. The number of ketones is 1. The molecule has 15 heavy (non-hydrogen) atoms. The first-order valence-electron chi connectivity index (χ1n) is 4.03.